The average molecular weight is 251 g/mol. The van der Waals surface area contributed by atoms with Crippen LogP contribution in [0.25, 0.3) is 0 Å². The predicted molar refractivity (Wildman–Crippen MR) is 58.6 cm³/mol. The van der Waals surface area contributed by atoms with Gasteiger partial charge in [-0.05, 0) is 19.9 Å². The van der Waals surface area contributed by atoms with Crippen LogP contribution in [-0.4, -0.2) is 38.0 Å². The first-order chi connectivity index (χ1) is 7.66. The molecule has 0 fully saturated rings. The highest BCUT2D eigenvalue weighted by atomic mass is 31.2. The second-order valence-corrected chi connectivity index (χ2v) is 4.88. The van der Waals surface area contributed by atoms with Crippen LogP contribution < -0.4 is 0 Å². The maximum absolute atomic E-state index is 12.3. The first-order valence-corrected chi connectivity index (χ1v) is 6.69. The molecule has 0 saturated heterocycles. The number of hydrogen-bond acceptors (Lipinski definition) is 5. The second-order valence-electron chi connectivity index (χ2n) is 2.98. The van der Waals surface area contributed by atoms with E-state index in [9.17, 15) is 4.57 Å². The number of rotatable bonds is 6. The molecule has 1 aliphatic heterocycles. The molecule has 16 heavy (non-hydrogen) atoms. The van der Waals surface area contributed by atoms with E-state index in [0.717, 1.165) is 0 Å². The van der Waals surface area contributed by atoms with Crippen molar-refractivity contribution in [3.05, 3.63) is 12.2 Å². The molecule has 1 heterocycles. The fourth-order valence-corrected chi connectivity index (χ4v) is 2.72. The maximum Gasteiger partial charge on any atom is 0.431 e. The van der Waals surface area contributed by atoms with Gasteiger partial charge in [0.2, 0.25) is 0 Å². The number of methoxy groups -OCH3 is 1. The molecule has 7 heteroatoms. The zero-order valence-corrected chi connectivity index (χ0v) is 10.7. The minimum atomic E-state index is -3.37. The minimum absolute atomic E-state index is 0.290. The average Bonchev–Trinajstić information content (AvgIpc) is 2.30. The molecule has 0 aromatic carbocycles. The number of ether oxygens (including phenoxy) is 1. The van der Waals surface area contributed by atoms with Gasteiger partial charge in [-0.15, -0.1) is 0 Å². The summed E-state index contributed by atoms with van der Waals surface area (Å²) in [6.45, 7) is 4.42. The summed E-state index contributed by atoms with van der Waals surface area (Å²) >= 11 is 0. The van der Waals surface area contributed by atoms with Crippen LogP contribution in [0.15, 0.2) is 12.2 Å². The molecule has 1 atom stereocenters. The molecule has 94 valence electrons. The summed E-state index contributed by atoms with van der Waals surface area (Å²) in [5.41, 5.74) is 0. The Morgan fingerprint density at radius 3 is 2.56 bits per heavy atom. The Kier molecular flexibility index (Phi) is 5.61. The normalized spacial score (nSPS) is 22.6. The highest BCUT2D eigenvalue weighted by Gasteiger charge is 2.36. The predicted octanol–water partition coefficient (Wildman–Crippen LogP) is 1.94. The lowest BCUT2D eigenvalue weighted by atomic mass is 10.4. The van der Waals surface area contributed by atoms with Crippen molar-refractivity contribution in [3.8, 4) is 0 Å². The van der Waals surface area contributed by atoms with Crippen molar-refractivity contribution in [1.82, 2.24) is 4.83 Å². The molecule has 0 amide bonds. The Hall–Kier alpha value is -0.230. The van der Waals surface area contributed by atoms with E-state index in [1.807, 2.05) is 0 Å². The molecule has 0 saturated carbocycles. The molecule has 0 radical (unpaired) electrons. The molecule has 0 aromatic rings. The molecular formula is C9H18NO5P. The SMILES string of the molecule is CCOP(=O)(OCC)N1CC=CC(OC)O1. The van der Waals surface area contributed by atoms with Crippen molar-refractivity contribution >= 4 is 7.75 Å². The Balaban J connectivity index is 2.72. The number of nitrogens with zero attached hydrogens (tertiary/aromatic N) is 1. The first kappa shape index (κ1) is 13.8. The Labute approximate surface area is 95.7 Å². The minimum Gasteiger partial charge on any atom is -0.351 e. The second kappa shape index (κ2) is 6.49. The van der Waals surface area contributed by atoms with Gasteiger partial charge in [-0.2, -0.15) is 0 Å². The number of hydrogen-bond donors (Lipinski definition) is 0. The first-order valence-electron chi connectivity index (χ1n) is 5.19. The molecule has 1 aliphatic rings. The van der Waals surface area contributed by atoms with Gasteiger partial charge < -0.3 is 4.74 Å². The van der Waals surface area contributed by atoms with Crippen molar-refractivity contribution < 1.29 is 23.2 Å². The topological polar surface area (TPSA) is 57.2 Å². The molecule has 0 N–H and O–H groups in total. The third-order valence-electron chi connectivity index (χ3n) is 1.87. The van der Waals surface area contributed by atoms with Crippen molar-refractivity contribution in [2.45, 2.75) is 20.1 Å². The smallest absolute Gasteiger partial charge is 0.351 e. The maximum atomic E-state index is 12.3. The zero-order valence-electron chi connectivity index (χ0n) is 9.79. The van der Waals surface area contributed by atoms with Gasteiger partial charge in [0.25, 0.3) is 0 Å². The van der Waals surface area contributed by atoms with E-state index >= 15 is 0 Å². The fourth-order valence-electron chi connectivity index (χ4n) is 1.23. The Morgan fingerprint density at radius 2 is 2.06 bits per heavy atom. The highest BCUT2D eigenvalue weighted by Crippen LogP contribution is 2.52. The van der Waals surface area contributed by atoms with E-state index in [1.165, 1.54) is 11.9 Å². The van der Waals surface area contributed by atoms with E-state index in [0.29, 0.717) is 19.8 Å². The standard InChI is InChI=1S/C9H18NO5P/c1-4-13-16(11,14-5-2)10-8-6-7-9(12-3)15-10/h6-7,9H,4-5,8H2,1-3H3. The molecule has 0 aromatic heterocycles. The van der Waals surface area contributed by atoms with Crippen LogP contribution in [0, 0.1) is 0 Å². The van der Waals surface area contributed by atoms with Gasteiger partial charge in [0.15, 0.2) is 6.29 Å². The van der Waals surface area contributed by atoms with Gasteiger partial charge in [0.1, 0.15) is 0 Å². The largest absolute Gasteiger partial charge is 0.431 e. The summed E-state index contributed by atoms with van der Waals surface area (Å²) in [6, 6.07) is 0. The lowest BCUT2D eigenvalue weighted by Crippen LogP contribution is -2.32. The molecule has 0 aliphatic carbocycles. The van der Waals surface area contributed by atoms with Gasteiger partial charge in [-0.1, -0.05) is 10.9 Å². The fraction of sp³-hybridized carbons (Fsp3) is 0.778. The Bertz CT molecular complexity index is 273. The van der Waals surface area contributed by atoms with Crippen molar-refractivity contribution in [3.63, 3.8) is 0 Å². The van der Waals surface area contributed by atoms with Crippen LogP contribution in [-0.2, 0) is 23.2 Å². The van der Waals surface area contributed by atoms with Gasteiger partial charge in [0.05, 0.1) is 19.8 Å². The lowest BCUT2D eigenvalue weighted by molar-refractivity contribution is -0.221. The van der Waals surface area contributed by atoms with E-state index in [4.69, 9.17) is 18.6 Å². The summed E-state index contributed by atoms with van der Waals surface area (Å²) in [7, 11) is -1.86. The zero-order chi connectivity index (χ0) is 12.0. The molecule has 0 bridgehead atoms. The van der Waals surface area contributed by atoms with Gasteiger partial charge in [0, 0.05) is 7.11 Å². The summed E-state index contributed by atoms with van der Waals surface area (Å²) in [5, 5.41) is 0. The molecule has 1 unspecified atom stereocenters. The molecule has 6 nitrogen and oxygen atoms in total. The third kappa shape index (κ3) is 3.38. The molecule has 0 spiro atoms. The van der Waals surface area contributed by atoms with E-state index in [2.05, 4.69) is 0 Å². The van der Waals surface area contributed by atoms with Crippen molar-refractivity contribution in [2.75, 3.05) is 26.9 Å². The van der Waals surface area contributed by atoms with Crippen molar-refractivity contribution in [2.24, 2.45) is 0 Å². The summed E-state index contributed by atoms with van der Waals surface area (Å²) in [6.07, 6.45) is 2.98. The quantitative estimate of drug-likeness (QED) is 0.531. The highest BCUT2D eigenvalue weighted by molar-refractivity contribution is 7.51. The van der Waals surface area contributed by atoms with Crippen LogP contribution in [0.2, 0.25) is 0 Å². The monoisotopic (exact) mass is 251 g/mol. The Morgan fingerprint density at radius 1 is 1.44 bits per heavy atom. The van der Waals surface area contributed by atoms with E-state index in [1.54, 1.807) is 26.0 Å². The van der Waals surface area contributed by atoms with Crippen LogP contribution in [0.1, 0.15) is 13.8 Å². The summed E-state index contributed by atoms with van der Waals surface area (Å²) < 4.78 is 27.6. The number of hydroxylamine groups is 1. The molecular weight excluding hydrogens is 233 g/mol. The third-order valence-corrected chi connectivity index (χ3v) is 3.84. The van der Waals surface area contributed by atoms with Crippen LogP contribution in [0.4, 0.5) is 0 Å². The molecule has 1 rings (SSSR count). The van der Waals surface area contributed by atoms with Crippen LogP contribution in [0.3, 0.4) is 0 Å². The summed E-state index contributed by atoms with van der Waals surface area (Å²) in [4.78, 5) is 6.52. The van der Waals surface area contributed by atoms with Gasteiger partial charge in [-0.3, -0.25) is 13.9 Å². The van der Waals surface area contributed by atoms with E-state index < -0.39 is 14.0 Å². The van der Waals surface area contributed by atoms with E-state index in [-0.39, 0.29) is 0 Å². The van der Waals surface area contributed by atoms with Crippen molar-refractivity contribution in [1.29, 1.82) is 0 Å². The van der Waals surface area contributed by atoms with Crippen LogP contribution >= 0.6 is 7.75 Å². The van der Waals surface area contributed by atoms with Crippen LogP contribution in [0.5, 0.6) is 0 Å². The lowest BCUT2D eigenvalue weighted by Gasteiger charge is -2.31. The van der Waals surface area contributed by atoms with Gasteiger partial charge in [-0.25, -0.2) is 4.57 Å². The van der Waals surface area contributed by atoms with Gasteiger partial charge >= 0.3 is 7.75 Å². The summed E-state index contributed by atoms with van der Waals surface area (Å²) in [5.74, 6) is 0.